The topological polar surface area (TPSA) is 57.8 Å². The number of rotatable bonds is 5. The molecule has 0 saturated carbocycles. The maximum absolute atomic E-state index is 12.7. The van der Waals surface area contributed by atoms with E-state index in [2.05, 4.69) is 40.3 Å². The summed E-state index contributed by atoms with van der Waals surface area (Å²) in [7, 11) is 0. The smallest absolute Gasteiger partial charge is 0.222 e. The van der Waals surface area contributed by atoms with Gasteiger partial charge in [0.2, 0.25) is 5.91 Å². The zero-order valence-corrected chi connectivity index (χ0v) is 17.1. The molecule has 0 spiro atoms. The lowest BCUT2D eigenvalue weighted by atomic mass is 10.1. The van der Waals surface area contributed by atoms with Crippen LogP contribution in [0, 0.1) is 0 Å². The van der Waals surface area contributed by atoms with Crippen LogP contribution in [0.25, 0.3) is 10.9 Å². The van der Waals surface area contributed by atoms with Gasteiger partial charge in [-0.05, 0) is 36.6 Å². The SMILES string of the molecule is O=C(CCCc1c[nH]c2ccccc12)N1CCN(c2cccc3c2OCCO3)CC1. The lowest BCUT2D eigenvalue weighted by molar-refractivity contribution is -0.131. The summed E-state index contributed by atoms with van der Waals surface area (Å²) >= 11 is 0. The zero-order chi connectivity index (χ0) is 20.3. The molecule has 1 saturated heterocycles. The number of hydrogen-bond donors (Lipinski definition) is 1. The number of para-hydroxylation sites is 2. The van der Waals surface area contributed by atoms with Gasteiger partial charge in [-0.25, -0.2) is 0 Å². The average molecular weight is 405 g/mol. The molecule has 1 fully saturated rings. The van der Waals surface area contributed by atoms with Gasteiger partial charge in [0.05, 0.1) is 5.69 Å². The van der Waals surface area contributed by atoms with Gasteiger partial charge in [0.25, 0.3) is 0 Å². The maximum Gasteiger partial charge on any atom is 0.222 e. The molecule has 5 rings (SSSR count). The Hall–Kier alpha value is -3.15. The van der Waals surface area contributed by atoms with Crippen LogP contribution in [-0.2, 0) is 11.2 Å². The van der Waals surface area contributed by atoms with Gasteiger partial charge in [-0.15, -0.1) is 0 Å². The highest BCUT2D eigenvalue weighted by atomic mass is 16.6. The summed E-state index contributed by atoms with van der Waals surface area (Å²) in [5, 5.41) is 1.26. The molecule has 3 aromatic rings. The van der Waals surface area contributed by atoms with Crippen molar-refractivity contribution in [3.8, 4) is 11.5 Å². The van der Waals surface area contributed by atoms with E-state index in [0.29, 0.717) is 19.6 Å². The van der Waals surface area contributed by atoms with Crippen molar-refractivity contribution in [3.63, 3.8) is 0 Å². The number of carbonyl (C=O) groups is 1. The van der Waals surface area contributed by atoms with Crippen LogP contribution < -0.4 is 14.4 Å². The van der Waals surface area contributed by atoms with E-state index in [4.69, 9.17) is 9.47 Å². The number of H-pyrrole nitrogens is 1. The van der Waals surface area contributed by atoms with Gasteiger partial charge >= 0.3 is 0 Å². The van der Waals surface area contributed by atoms with Crippen molar-refractivity contribution in [2.45, 2.75) is 19.3 Å². The summed E-state index contributed by atoms with van der Waals surface area (Å²) in [6, 6.07) is 14.4. The zero-order valence-electron chi connectivity index (χ0n) is 17.1. The molecule has 30 heavy (non-hydrogen) atoms. The normalized spacial score (nSPS) is 16.1. The lowest BCUT2D eigenvalue weighted by Crippen LogP contribution is -2.49. The fourth-order valence-corrected chi connectivity index (χ4v) is 4.43. The van der Waals surface area contributed by atoms with E-state index in [1.54, 1.807) is 0 Å². The molecular formula is C24H27N3O3. The van der Waals surface area contributed by atoms with Crippen LogP contribution in [0.15, 0.2) is 48.7 Å². The Morgan fingerprint density at radius 3 is 2.70 bits per heavy atom. The fraction of sp³-hybridized carbons (Fsp3) is 0.375. The Kier molecular flexibility index (Phi) is 5.22. The molecule has 2 aliphatic heterocycles. The Balaban J connectivity index is 1.14. The number of nitrogens with one attached hydrogen (secondary N) is 1. The molecule has 156 valence electrons. The van der Waals surface area contributed by atoms with Gasteiger partial charge in [-0.1, -0.05) is 24.3 Å². The van der Waals surface area contributed by atoms with Crippen molar-refractivity contribution in [1.29, 1.82) is 0 Å². The molecule has 0 bridgehead atoms. The average Bonchev–Trinajstić information content (AvgIpc) is 3.22. The molecule has 2 aromatic carbocycles. The first kappa shape index (κ1) is 18.9. The van der Waals surface area contributed by atoms with E-state index in [1.807, 2.05) is 23.1 Å². The second-order valence-corrected chi connectivity index (χ2v) is 7.88. The number of amides is 1. The van der Waals surface area contributed by atoms with Gasteiger partial charge in [0.15, 0.2) is 11.5 Å². The highest BCUT2D eigenvalue weighted by molar-refractivity contribution is 5.83. The van der Waals surface area contributed by atoms with Gasteiger partial charge in [-0.3, -0.25) is 4.79 Å². The molecule has 1 aromatic heterocycles. The quantitative estimate of drug-likeness (QED) is 0.705. The number of piperazine rings is 1. The number of aryl methyl sites for hydroxylation is 1. The van der Waals surface area contributed by atoms with Gasteiger partial charge in [0, 0.05) is 49.7 Å². The number of nitrogens with zero attached hydrogens (tertiary/aromatic N) is 2. The molecule has 0 atom stereocenters. The van der Waals surface area contributed by atoms with Crippen LogP contribution in [-0.4, -0.2) is 55.2 Å². The number of aromatic nitrogens is 1. The van der Waals surface area contributed by atoms with Crippen LogP contribution in [0.3, 0.4) is 0 Å². The summed E-state index contributed by atoms with van der Waals surface area (Å²) in [5.41, 5.74) is 3.52. The number of carbonyl (C=O) groups excluding carboxylic acids is 1. The van der Waals surface area contributed by atoms with Crippen molar-refractivity contribution in [2.75, 3.05) is 44.3 Å². The second-order valence-electron chi connectivity index (χ2n) is 7.88. The minimum absolute atomic E-state index is 0.254. The van der Waals surface area contributed by atoms with E-state index in [1.165, 1.54) is 10.9 Å². The van der Waals surface area contributed by atoms with Gasteiger partial charge in [0.1, 0.15) is 13.2 Å². The van der Waals surface area contributed by atoms with Gasteiger partial charge < -0.3 is 24.3 Å². The Labute approximate surface area is 176 Å². The molecule has 0 unspecified atom stereocenters. The van der Waals surface area contributed by atoms with Crippen LogP contribution in [0.5, 0.6) is 11.5 Å². The van der Waals surface area contributed by atoms with E-state index in [0.717, 1.165) is 61.7 Å². The van der Waals surface area contributed by atoms with Crippen LogP contribution in [0.1, 0.15) is 18.4 Å². The van der Waals surface area contributed by atoms with Crippen molar-refractivity contribution < 1.29 is 14.3 Å². The molecule has 0 aliphatic carbocycles. The largest absolute Gasteiger partial charge is 0.486 e. The van der Waals surface area contributed by atoms with Crippen LogP contribution in [0.2, 0.25) is 0 Å². The molecule has 0 radical (unpaired) electrons. The standard InChI is InChI=1S/C24H27N3O3/c28-23(10-3-5-18-17-25-20-7-2-1-6-19(18)20)27-13-11-26(12-14-27)21-8-4-9-22-24(21)30-16-15-29-22/h1-2,4,6-9,17,25H,3,5,10-16H2. The van der Waals surface area contributed by atoms with Crippen LogP contribution in [0.4, 0.5) is 5.69 Å². The molecule has 1 amide bonds. The number of anilines is 1. The first-order chi connectivity index (χ1) is 14.8. The fourth-order valence-electron chi connectivity index (χ4n) is 4.43. The number of ether oxygens (including phenoxy) is 2. The number of aromatic amines is 1. The minimum Gasteiger partial charge on any atom is -0.486 e. The molecule has 1 N–H and O–H groups in total. The first-order valence-electron chi connectivity index (χ1n) is 10.8. The van der Waals surface area contributed by atoms with Crippen molar-refractivity contribution >= 4 is 22.5 Å². The number of fused-ring (bicyclic) bond motifs is 2. The molecule has 6 heteroatoms. The molecule has 3 heterocycles. The van der Waals surface area contributed by atoms with E-state index in [-0.39, 0.29) is 5.91 Å². The predicted octanol–water partition coefficient (Wildman–Crippen LogP) is 3.61. The highest BCUT2D eigenvalue weighted by Crippen LogP contribution is 2.39. The third-order valence-corrected chi connectivity index (χ3v) is 6.03. The number of benzene rings is 2. The van der Waals surface area contributed by atoms with E-state index >= 15 is 0 Å². The minimum atomic E-state index is 0.254. The number of hydrogen-bond acceptors (Lipinski definition) is 4. The summed E-state index contributed by atoms with van der Waals surface area (Å²) in [6.07, 6.45) is 4.46. The second kappa shape index (κ2) is 8.30. The third kappa shape index (κ3) is 3.70. The summed E-state index contributed by atoms with van der Waals surface area (Å²) < 4.78 is 11.5. The van der Waals surface area contributed by atoms with Gasteiger partial charge in [-0.2, -0.15) is 0 Å². The molecular weight excluding hydrogens is 378 g/mol. The van der Waals surface area contributed by atoms with Crippen molar-refractivity contribution in [1.82, 2.24) is 9.88 Å². The van der Waals surface area contributed by atoms with E-state index < -0.39 is 0 Å². The summed E-state index contributed by atoms with van der Waals surface area (Å²) in [4.78, 5) is 20.3. The monoisotopic (exact) mass is 405 g/mol. The summed E-state index contributed by atoms with van der Waals surface area (Å²) in [6.45, 7) is 4.30. The maximum atomic E-state index is 12.7. The Morgan fingerprint density at radius 2 is 1.80 bits per heavy atom. The van der Waals surface area contributed by atoms with Crippen molar-refractivity contribution in [3.05, 3.63) is 54.2 Å². The Bertz CT molecular complexity index is 1040. The van der Waals surface area contributed by atoms with Crippen molar-refractivity contribution in [2.24, 2.45) is 0 Å². The highest BCUT2D eigenvalue weighted by Gasteiger charge is 2.25. The lowest BCUT2D eigenvalue weighted by Gasteiger charge is -2.37. The first-order valence-corrected chi connectivity index (χ1v) is 10.8. The molecule has 2 aliphatic rings. The Morgan fingerprint density at radius 1 is 0.967 bits per heavy atom. The third-order valence-electron chi connectivity index (χ3n) is 6.03. The predicted molar refractivity (Wildman–Crippen MR) is 117 cm³/mol. The summed E-state index contributed by atoms with van der Waals surface area (Å²) in [5.74, 6) is 1.90. The van der Waals surface area contributed by atoms with E-state index in [9.17, 15) is 4.79 Å². The molecule has 6 nitrogen and oxygen atoms in total. The van der Waals surface area contributed by atoms with Crippen LogP contribution >= 0.6 is 0 Å².